The Hall–Kier alpha value is -5.63. The first-order valence-corrected chi connectivity index (χ1v) is 43.4. The zero-order valence-electron chi connectivity index (χ0n) is 73.8. The van der Waals surface area contributed by atoms with Crippen LogP contribution in [0, 0.1) is 0 Å². The molecule has 796 valence electrons. The monoisotopic (exact) mass is 2020 g/mol. The van der Waals surface area contributed by atoms with E-state index in [0.29, 0.717) is 0 Å². The molecule has 52 atom stereocenters. The molecule has 10 aliphatic rings. The Morgan fingerprint density at radius 2 is 0.551 bits per heavy atom. The zero-order valence-corrected chi connectivity index (χ0v) is 73.8. The van der Waals surface area contributed by atoms with Gasteiger partial charge in [-0.25, -0.2) is 9.59 Å². The first-order valence-electron chi connectivity index (χ1n) is 43.4. The molecule has 10 rings (SSSR count). The largest absolute Gasteiger partial charge is 0.477 e. The molecule has 5 amide bonds. The third-order valence-electron chi connectivity index (χ3n) is 24.8. The van der Waals surface area contributed by atoms with Crippen molar-refractivity contribution in [3.05, 3.63) is 0 Å². The number of aliphatic carboxylic acids is 2. The van der Waals surface area contributed by atoms with Gasteiger partial charge in [-0.1, -0.05) is 0 Å². The lowest BCUT2D eigenvalue weighted by atomic mass is 9.88. The maximum atomic E-state index is 13.4. The molecule has 0 aromatic heterocycles. The van der Waals surface area contributed by atoms with Crippen molar-refractivity contribution in [2.45, 2.75) is 365 Å². The Labute approximate surface area is 779 Å². The molecule has 0 unspecified atom stereocenters. The van der Waals surface area contributed by atoms with Gasteiger partial charge in [0.1, 0.15) is 232 Å². The summed E-state index contributed by atoms with van der Waals surface area (Å²) in [5.41, 5.74) is 0. The maximum absolute atomic E-state index is 13.4. The summed E-state index contributed by atoms with van der Waals surface area (Å²) in [5, 5.41) is 358. The van der Waals surface area contributed by atoms with Gasteiger partial charge in [0.2, 0.25) is 29.5 Å². The molecule has 0 radical (unpaired) electrons. The number of rotatable bonds is 39. The van der Waals surface area contributed by atoms with E-state index in [1.165, 1.54) is 0 Å². The number of hydrogen-bond donors (Lipinski definition) is 36. The van der Waals surface area contributed by atoms with Crippen molar-refractivity contribution in [2.75, 3.05) is 66.1 Å². The number of hydrogen-bond acceptors (Lipinski definition) is 55. The van der Waals surface area contributed by atoms with Crippen molar-refractivity contribution in [3.63, 3.8) is 0 Å². The third-order valence-corrected chi connectivity index (χ3v) is 24.8. The minimum Gasteiger partial charge on any atom is -0.477 e. The molecule has 10 aliphatic heterocycles. The molecule has 62 heteroatoms. The number of amides is 5. The molecule has 10 heterocycles. The van der Waals surface area contributed by atoms with Gasteiger partial charge in [-0.3, -0.25) is 24.0 Å². The summed E-state index contributed by atoms with van der Waals surface area (Å²) in [4.78, 5) is 91.1. The second kappa shape index (κ2) is 49.0. The summed E-state index contributed by atoms with van der Waals surface area (Å²) >= 11 is 0. The van der Waals surface area contributed by atoms with Crippen LogP contribution in [0.1, 0.15) is 47.5 Å². The number of carboxylic acids is 2. The number of ether oxygens (including phenoxy) is 19. The first kappa shape index (κ1) is 114. The van der Waals surface area contributed by atoms with Gasteiger partial charge in [0.25, 0.3) is 11.6 Å². The van der Waals surface area contributed by atoms with Crippen LogP contribution in [0.5, 0.6) is 0 Å². The number of aliphatic hydroxyl groups excluding tert-OH is 29. The van der Waals surface area contributed by atoms with Gasteiger partial charge in [0.05, 0.1) is 90.4 Å². The fourth-order valence-corrected chi connectivity index (χ4v) is 17.8. The summed E-state index contributed by atoms with van der Waals surface area (Å²) in [5.74, 6) is -16.1. The van der Waals surface area contributed by atoms with Crippen LogP contribution in [0.3, 0.4) is 0 Å². The van der Waals surface area contributed by atoms with Crippen LogP contribution in [-0.2, 0) is 124 Å². The molecule has 0 saturated carbocycles. The molecule has 0 aliphatic carbocycles. The molecule has 10 saturated heterocycles. The van der Waals surface area contributed by atoms with Crippen molar-refractivity contribution in [3.8, 4) is 0 Å². The van der Waals surface area contributed by atoms with Crippen molar-refractivity contribution < 1.29 is 282 Å². The van der Waals surface area contributed by atoms with E-state index in [1.807, 2.05) is 0 Å². The summed E-state index contributed by atoms with van der Waals surface area (Å²) in [7, 11) is 0. The molecule has 0 aromatic carbocycles. The smallest absolute Gasteiger partial charge is 0.364 e. The third kappa shape index (κ3) is 25.0. The highest BCUT2D eigenvalue weighted by molar-refractivity contribution is 5.78. The highest BCUT2D eigenvalue weighted by Crippen LogP contribution is 2.44. The van der Waals surface area contributed by atoms with Crippen LogP contribution >= 0.6 is 0 Å². The number of nitrogens with one attached hydrogen (secondary N) is 5. The molecule has 0 bridgehead atoms. The van der Waals surface area contributed by atoms with Gasteiger partial charge in [-0.05, 0) is 0 Å². The van der Waals surface area contributed by atoms with Crippen LogP contribution in [0.4, 0.5) is 0 Å². The topological polar surface area (TPSA) is 982 Å². The van der Waals surface area contributed by atoms with Gasteiger partial charge in [0.15, 0.2) is 50.3 Å². The van der Waals surface area contributed by atoms with Crippen LogP contribution in [0.2, 0.25) is 0 Å². The van der Waals surface area contributed by atoms with Crippen molar-refractivity contribution >= 4 is 41.5 Å². The van der Waals surface area contributed by atoms with E-state index in [9.17, 15) is 192 Å². The first-order chi connectivity index (χ1) is 65.0. The summed E-state index contributed by atoms with van der Waals surface area (Å²) in [6.07, 6.45) is -104. The van der Waals surface area contributed by atoms with E-state index in [2.05, 4.69) is 26.6 Å². The van der Waals surface area contributed by atoms with E-state index in [4.69, 9.17) is 90.0 Å². The lowest BCUT2D eigenvalue weighted by Gasteiger charge is -2.51. The lowest BCUT2D eigenvalue weighted by Crippen LogP contribution is -2.71. The second-order valence-electron chi connectivity index (χ2n) is 34.6. The Morgan fingerprint density at radius 1 is 0.297 bits per heavy atom. The average molecular weight is 2020 g/mol. The standard InChI is InChI=1S/C76H125N5O57/c1-18(91)77-35-23(96)6-75(73(116)117,135-59(35)40(100)25(98)8-82)137-63-43(103)28(11-85)123-71(53(63)113)130-55-31(14-88)125-66(37(46(55)106)79-20(3)93)120-17-34-45(105)62(52(112)70(128-34)129-56-32(15-89)126-67(38(47(56)107)80-21(4)94)133-61-42(102)27(10-84)122-69(51(61)111)132-58-30(13-87)121-65(115)50(110)49(58)109)134-68-39(81-22(5)95)48(108)57(33(16-90)127-68)131-72-54(114)64(44(104)29(12-86)124-72)138-76(74(118)119)7-24(97)36(78-19(2)92)60(136-76)41(101)26(99)9-83/h23-72,82-90,96-115H,6-17H2,1-5H3,(H,77,91)(H,78,92)(H,79,93)(H,80,94)(H,81,95)(H,116,117)(H,118,119)/t23-,24-,25+,26+,27+,28+,29+,30+,31+,32+,33+,34+,35+,36+,37+,38+,39+,40+,41+,42-,43-,44-,45-,46+,47+,48+,49+,50+,51+,52+,53+,54+,55+,56+,57+,58+,59+,60+,61-,62-,63-,64-,65+,66+,67-,68+,69-,70-,71-,72-,75-,76-/m0/s1. The van der Waals surface area contributed by atoms with Gasteiger partial charge < -0.3 is 275 Å². The molecule has 0 spiro atoms. The summed E-state index contributed by atoms with van der Waals surface area (Å²) in [6.45, 7) is -7.95. The van der Waals surface area contributed by atoms with Crippen molar-refractivity contribution in [1.29, 1.82) is 0 Å². The number of carbonyl (C=O) groups excluding carboxylic acids is 5. The van der Waals surface area contributed by atoms with E-state index in [-0.39, 0.29) is 0 Å². The fourth-order valence-electron chi connectivity index (χ4n) is 17.8. The van der Waals surface area contributed by atoms with Gasteiger partial charge >= 0.3 is 11.9 Å². The molecular formula is C76H125N5O57. The van der Waals surface area contributed by atoms with E-state index >= 15 is 0 Å². The predicted octanol–water partition coefficient (Wildman–Crippen LogP) is -23.7. The van der Waals surface area contributed by atoms with Crippen molar-refractivity contribution in [1.82, 2.24) is 26.6 Å². The molecule has 62 nitrogen and oxygen atoms in total. The Kier molecular flexibility index (Phi) is 40.6. The molecular weight excluding hydrogens is 1890 g/mol. The summed E-state index contributed by atoms with van der Waals surface area (Å²) < 4.78 is 112. The Bertz CT molecular complexity index is 3930. The predicted molar refractivity (Wildman–Crippen MR) is 422 cm³/mol. The van der Waals surface area contributed by atoms with E-state index < -0.39 is 438 Å². The minimum absolute atomic E-state index is 0.832. The van der Waals surface area contributed by atoms with Crippen LogP contribution in [0.25, 0.3) is 0 Å². The fraction of sp³-hybridized carbons (Fsp3) is 0.908. The number of carbonyl (C=O) groups is 7. The van der Waals surface area contributed by atoms with Crippen LogP contribution in [0.15, 0.2) is 0 Å². The maximum Gasteiger partial charge on any atom is 0.364 e. The second-order valence-corrected chi connectivity index (χ2v) is 34.6. The van der Waals surface area contributed by atoms with E-state index in [0.717, 1.165) is 34.6 Å². The molecule has 138 heavy (non-hydrogen) atoms. The molecule has 10 fully saturated rings. The van der Waals surface area contributed by atoms with E-state index in [1.54, 1.807) is 0 Å². The average Bonchev–Trinajstić information content (AvgIpc) is 0.750. The highest BCUT2D eigenvalue weighted by atomic mass is 16.8. The normalized spacial score (nSPS) is 46.2. The van der Waals surface area contributed by atoms with Gasteiger partial charge in [-0.15, -0.1) is 0 Å². The minimum atomic E-state index is -3.36. The lowest BCUT2D eigenvalue weighted by molar-refractivity contribution is -0.393. The highest BCUT2D eigenvalue weighted by Gasteiger charge is 2.66. The Balaban J connectivity index is 0.962. The number of aliphatic hydroxyl groups is 29. The quantitative estimate of drug-likeness (QED) is 0.0272. The molecule has 0 aromatic rings. The van der Waals surface area contributed by atoms with Gasteiger partial charge in [-0.2, -0.15) is 0 Å². The van der Waals surface area contributed by atoms with Crippen LogP contribution < -0.4 is 26.6 Å². The SMILES string of the molecule is CC(=O)N[C@H]1[C@H](OC[C@H]2O[C@@H](O[C@H]3[C@H](O)[C@@H](NC(C)=O)[C@H](O[C@H]4[C@@H](O)[C@@H](CO)O[C@@H](O[C@H]5[C@H](O)[C@@H](O)[C@H](O)O[C@@H]5CO)[C@@H]4O)O[C@@H]3CO)[C@H](O)[C@@H](O[C@H]3O[C@H](CO)[C@@H](O[C@@H]4O[C@H](CO)[C@H](O)[C@H](O[C@]5(C(=O)O)C[C@H](O)[C@@H](NC(C)=O)[C@H]([C@H](O)[C@H](O)CO)O5)[C@H]4O)[C@H](O)[C@H]3NC(C)=O)[C@H]2O)O[C@H](CO)[C@@H](O[C@@H]2O[C@H](CO)[C@H](O)[C@H](O[C@]3(C(=O)O)C[C@H](O)[C@@H](NC(C)=O)[C@H]([C@H](O)[C@H](O)CO)O3)[C@H]2O)[C@@H]1O. The molecule has 36 N–H and O–H groups in total. The van der Waals surface area contributed by atoms with Crippen molar-refractivity contribution in [2.24, 2.45) is 0 Å². The Morgan fingerprint density at radius 3 is 0.855 bits per heavy atom. The summed E-state index contributed by atoms with van der Waals surface area (Å²) in [6, 6.07) is -9.92. The van der Waals surface area contributed by atoms with Crippen LogP contribution in [-0.4, -0.2) is 584 Å². The zero-order chi connectivity index (χ0) is 102. The van der Waals surface area contributed by atoms with Gasteiger partial charge in [0, 0.05) is 47.5 Å². The number of carboxylic acid groups (broad SMARTS) is 2.